The van der Waals surface area contributed by atoms with Gasteiger partial charge in [-0.2, -0.15) is 0 Å². The van der Waals surface area contributed by atoms with E-state index >= 15 is 0 Å². The summed E-state index contributed by atoms with van der Waals surface area (Å²) in [6, 6.07) is 7.80. The Morgan fingerprint density at radius 1 is 1.33 bits per heavy atom. The van der Waals surface area contributed by atoms with Crippen molar-refractivity contribution in [2.75, 3.05) is 0 Å². The lowest BCUT2D eigenvalue weighted by atomic mass is 9.66. The molecule has 3 heteroatoms. The van der Waals surface area contributed by atoms with Gasteiger partial charge in [-0.15, -0.1) is 0 Å². The van der Waals surface area contributed by atoms with Crippen molar-refractivity contribution in [3.63, 3.8) is 0 Å². The van der Waals surface area contributed by atoms with Gasteiger partial charge in [-0.1, -0.05) is 49.6 Å². The van der Waals surface area contributed by atoms with Crippen molar-refractivity contribution in [1.82, 2.24) is 0 Å². The lowest BCUT2D eigenvalue weighted by molar-refractivity contribution is -0.146. The van der Waals surface area contributed by atoms with E-state index in [9.17, 15) is 14.7 Å². The van der Waals surface area contributed by atoms with Gasteiger partial charge in [-0.3, -0.25) is 9.59 Å². The molecule has 0 aliphatic heterocycles. The fourth-order valence-electron chi connectivity index (χ4n) is 3.53. The van der Waals surface area contributed by atoms with Gasteiger partial charge in [0.2, 0.25) is 0 Å². The van der Waals surface area contributed by atoms with Crippen molar-refractivity contribution in [2.24, 2.45) is 5.92 Å². The van der Waals surface area contributed by atoms with E-state index in [1.165, 1.54) is 0 Å². The van der Waals surface area contributed by atoms with E-state index in [0.29, 0.717) is 25.7 Å². The number of carbonyl (C=O) groups excluding carboxylic acids is 1. The highest BCUT2D eigenvalue weighted by atomic mass is 16.4. The van der Waals surface area contributed by atoms with Gasteiger partial charge in [0.25, 0.3) is 0 Å². The highest BCUT2D eigenvalue weighted by molar-refractivity contribution is 5.86. The Morgan fingerprint density at radius 3 is 2.48 bits per heavy atom. The summed E-state index contributed by atoms with van der Waals surface area (Å²) in [5, 5.41) is 10.0. The molecular formula is C18H24O3. The van der Waals surface area contributed by atoms with E-state index in [1.54, 1.807) is 0 Å². The molecule has 1 aliphatic rings. The highest BCUT2D eigenvalue weighted by Gasteiger charge is 2.49. The maximum atomic E-state index is 12.2. The largest absolute Gasteiger partial charge is 0.481 e. The molecule has 1 N–H and O–H groups in total. The minimum Gasteiger partial charge on any atom is -0.481 e. The van der Waals surface area contributed by atoms with Crippen LogP contribution in [0.15, 0.2) is 24.3 Å². The molecule has 0 amide bonds. The summed E-state index contributed by atoms with van der Waals surface area (Å²) >= 11 is 0. The van der Waals surface area contributed by atoms with Gasteiger partial charge in [0.05, 0.1) is 5.41 Å². The zero-order valence-corrected chi connectivity index (χ0v) is 12.9. The maximum Gasteiger partial charge on any atom is 0.314 e. The van der Waals surface area contributed by atoms with Crippen molar-refractivity contribution < 1.29 is 14.7 Å². The van der Waals surface area contributed by atoms with Crippen molar-refractivity contribution in [2.45, 2.75) is 57.8 Å². The van der Waals surface area contributed by atoms with Crippen LogP contribution in [0, 0.1) is 12.8 Å². The molecule has 2 atom stereocenters. The molecule has 1 aliphatic carbocycles. The lowest BCUT2D eigenvalue weighted by Crippen LogP contribution is -2.42. The van der Waals surface area contributed by atoms with Crippen LogP contribution in [-0.2, 0) is 15.0 Å². The van der Waals surface area contributed by atoms with Crippen LogP contribution in [0.4, 0.5) is 0 Å². The van der Waals surface area contributed by atoms with E-state index in [-0.39, 0.29) is 11.7 Å². The third-order valence-electron chi connectivity index (χ3n) is 4.82. The number of unbranched alkanes of at least 4 members (excludes halogenated alkanes) is 1. The summed E-state index contributed by atoms with van der Waals surface area (Å²) in [5.41, 5.74) is 1.07. The number of rotatable bonds is 6. The Labute approximate surface area is 126 Å². The number of carboxylic acids is 1. The van der Waals surface area contributed by atoms with Crippen LogP contribution in [0.2, 0.25) is 0 Å². The third kappa shape index (κ3) is 3.02. The molecule has 1 aromatic rings. The standard InChI is InChI=1S/C18H24O3/c1-3-4-11-18(17(20)21,15-9-10-16(19)12-15)14-7-5-13(2)6-8-14/h5-8,15H,3-4,9-12H2,1-2H3,(H,20,21). The van der Waals surface area contributed by atoms with E-state index in [0.717, 1.165) is 24.0 Å². The number of ketones is 1. The Bertz CT molecular complexity index is 518. The normalized spacial score (nSPS) is 21.2. The molecular weight excluding hydrogens is 264 g/mol. The summed E-state index contributed by atoms with van der Waals surface area (Å²) < 4.78 is 0. The molecule has 0 bridgehead atoms. The van der Waals surface area contributed by atoms with Gasteiger partial charge in [0.15, 0.2) is 0 Å². The number of Topliss-reactive ketones (excluding diaryl/α,β-unsaturated/α-hetero) is 1. The van der Waals surface area contributed by atoms with Gasteiger partial charge < -0.3 is 5.11 Å². The second-order valence-electron chi connectivity index (χ2n) is 6.22. The minimum atomic E-state index is -0.907. The van der Waals surface area contributed by atoms with Crippen LogP contribution in [-0.4, -0.2) is 16.9 Å². The summed E-state index contributed by atoms with van der Waals surface area (Å²) in [4.78, 5) is 23.9. The van der Waals surface area contributed by atoms with Crippen LogP contribution in [0.3, 0.4) is 0 Å². The van der Waals surface area contributed by atoms with Crippen LogP contribution >= 0.6 is 0 Å². The average molecular weight is 288 g/mol. The molecule has 0 radical (unpaired) electrons. The zero-order chi connectivity index (χ0) is 15.5. The van der Waals surface area contributed by atoms with Gasteiger partial charge in [0.1, 0.15) is 5.78 Å². The molecule has 21 heavy (non-hydrogen) atoms. The number of benzene rings is 1. The summed E-state index contributed by atoms with van der Waals surface area (Å²) in [6.07, 6.45) is 4.07. The van der Waals surface area contributed by atoms with E-state index in [4.69, 9.17) is 0 Å². The minimum absolute atomic E-state index is 0.0724. The van der Waals surface area contributed by atoms with Gasteiger partial charge >= 0.3 is 5.97 Å². The monoisotopic (exact) mass is 288 g/mol. The van der Waals surface area contributed by atoms with Gasteiger partial charge in [-0.05, 0) is 31.2 Å². The number of aliphatic carboxylic acids is 1. The Kier molecular flexibility index (Phi) is 4.81. The second-order valence-corrected chi connectivity index (χ2v) is 6.22. The molecule has 114 valence electrons. The first-order valence-corrected chi connectivity index (χ1v) is 7.83. The number of hydrogen-bond acceptors (Lipinski definition) is 2. The topological polar surface area (TPSA) is 54.4 Å². The molecule has 1 aromatic carbocycles. The fraction of sp³-hybridized carbons (Fsp3) is 0.556. The van der Waals surface area contributed by atoms with E-state index in [1.807, 2.05) is 31.2 Å². The number of hydrogen-bond donors (Lipinski definition) is 1. The quantitative estimate of drug-likeness (QED) is 0.864. The molecule has 1 saturated carbocycles. The summed E-state index contributed by atoms with van der Waals surface area (Å²) in [6.45, 7) is 4.07. The number of aryl methyl sites for hydroxylation is 1. The summed E-state index contributed by atoms with van der Waals surface area (Å²) in [5.74, 6) is -0.648. The van der Waals surface area contributed by atoms with Crippen molar-refractivity contribution in [3.8, 4) is 0 Å². The predicted molar refractivity (Wildman–Crippen MR) is 82.4 cm³/mol. The Balaban J connectivity index is 2.46. The molecule has 0 heterocycles. The average Bonchev–Trinajstić information content (AvgIpc) is 2.88. The zero-order valence-electron chi connectivity index (χ0n) is 12.9. The van der Waals surface area contributed by atoms with Gasteiger partial charge in [0, 0.05) is 12.8 Å². The Hall–Kier alpha value is -1.64. The molecule has 0 saturated heterocycles. The lowest BCUT2D eigenvalue weighted by Gasteiger charge is -2.35. The van der Waals surface area contributed by atoms with Crippen LogP contribution in [0.1, 0.15) is 56.6 Å². The predicted octanol–water partition coefficient (Wildman–Crippen LogP) is 3.88. The smallest absolute Gasteiger partial charge is 0.314 e. The molecule has 0 spiro atoms. The molecule has 1 fully saturated rings. The highest BCUT2D eigenvalue weighted by Crippen LogP contribution is 2.45. The van der Waals surface area contributed by atoms with Crippen molar-refractivity contribution in [3.05, 3.63) is 35.4 Å². The van der Waals surface area contributed by atoms with Gasteiger partial charge in [-0.25, -0.2) is 0 Å². The SMILES string of the molecule is CCCCC(C(=O)O)(c1ccc(C)cc1)C1CCC(=O)C1. The third-order valence-corrected chi connectivity index (χ3v) is 4.82. The van der Waals surface area contributed by atoms with Crippen molar-refractivity contribution >= 4 is 11.8 Å². The molecule has 0 aromatic heterocycles. The van der Waals surface area contributed by atoms with Crippen LogP contribution < -0.4 is 0 Å². The second kappa shape index (κ2) is 6.42. The van der Waals surface area contributed by atoms with E-state index < -0.39 is 11.4 Å². The Morgan fingerprint density at radius 2 is 2.00 bits per heavy atom. The molecule has 3 nitrogen and oxygen atoms in total. The summed E-state index contributed by atoms with van der Waals surface area (Å²) in [7, 11) is 0. The number of carbonyl (C=O) groups is 2. The number of carboxylic acid groups (broad SMARTS) is 1. The molecule has 2 rings (SSSR count). The maximum absolute atomic E-state index is 12.2. The first-order valence-electron chi connectivity index (χ1n) is 7.83. The van der Waals surface area contributed by atoms with Crippen LogP contribution in [0.25, 0.3) is 0 Å². The molecule has 2 unspecified atom stereocenters. The fourth-order valence-corrected chi connectivity index (χ4v) is 3.53. The van der Waals surface area contributed by atoms with Crippen molar-refractivity contribution in [1.29, 1.82) is 0 Å². The van der Waals surface area contributed by atoms with Crippen LogP contribution in [0.5, 0.6) is 0 Å². The first-order chi connectivity index (χ1) is 10.0. The first kappa shape index (κ1) is 15.7. The van der Waals surface area contributed by atoms with E-state index in [2.05, 4.69) is 6.92 Å².